The largest absolute Gasteiger partial charge is 0.486 e. The van der Waals surface area contributed by atoms with Crippen molar-refractivity contribution in [2.75, 3.05) is 0 Å². The monoisotopic (exact) mass is 419 g/mol. The van der Waals surface area contributed by atoms with Gasteiger partial charge in [-0.05, 0) is 35.7 Å². The molecule has 4 rings (SSSR count). The number of hydrogen-bond donors (Lipinski definition) is 0. The van der Waals surface area contributed by atoms with Gasteiger partial charge in [0.25, 0.3) is 0 Å². The summed E-state index contributed by atoms with van der Waals surface area (Å²) < 4.78 is 10.0. The topological polar surface area (TPSA) is 57.2 Å². The van der Waals surface area contributed by atoms with Crippen LogP contribution in [0.1, 0.15) is 36.8 Å². The highest BCUT2D eigenvalue weighted by molar-refractivity contribution is 7.98. The Bertz CT molecular complexity index is 1100. The number of hydrogen-bond acceptors (Lipinski definition) is 5. The van der Waals surface area contributed by atoms with Gasteiger partial charge in [0.05, 0.1) is 5.69 Å². The molecular weight excluding hydrogens is 394 g/mol. The van der Waals surface area contributed by atoms with Gasteiger partial charge < -0.3 is 9.14 Å². The molecule has 0 saturated carbocycles. The molecule has 0 aliphatic heterocycles. The van der Waals surface area contributed by atoms with Crippen LogP contribution >= 0.6 is 11.8 Å². The lowest BCUT2D eigenvalue weighted by Crippen LogP contribution is -2.07. The highest BCUT2D eigenvalue weighted by Gasteiger charge is 2.13. The Morgan fingerprint density at radius 1 is 1.13 bits per heavy atom. The van der Waals surface area contributed by atoms with Gasteiger partial charge in [0, 0.05) is 24.7 Å². The molecule has 0 radical (unpaired) electrons. The lowest BCUT2D eigenvalue weighted by atomic mass is 10.0. The minimum Gasteiger partial charge on any atom is -0.486 e. The number of imidazole rings is 1. The van der Waals surface area contributed by atoms with Gasteiger partial charge in [0.15, 0.2) is 11.0 Å². The summed E-state index contributed by atoms with van der Waals surface area (Å²) in [6.45, 7) is 9.21. The standard InChI is InChI=1S/C23H25N5OS/c1-4-12-28-22(15-29-20-10-8-18(9-11-20)17(2)3)25-26-23(28)30-16-19-14-27-13-6-5-7-21(27)24-19/h4-11,13-14,17H,1,12,15-16H2,2-3H3. The molecule has 3 heterocycles. The molecule has 6 nitrogen and oxygen atoms in total. The highest BCUT2D eigenvalue weighted by atomic mass is 32.2. The number of fused-ring (bicyclic) bond motifs is 1. The number of allylic oxidation sites excluding steroid dienone is 1. The molecule has 4 aromatic rings. The third kappa shape index (κ3) is 4.57. The van der Waals surface area contributed by atoms with Gasteiger partial charge in [-0.25, -0.2) is 4.98 Å². The molecule has 0 amide bonds. The smallest absolute Gasteiger partial charge is 0.191 e. The minimum atomic E-state index is 0.358. The fourth-order valence-corrected chi connectivity index (χ4v) is 3.99. The summed E-state index contributed by atoms with van der Waals surface area (Å²) in [6, 6.07) is 14.2. The van der Waals surface area contributed by atoms with Gasteiger partial charge in [-0.3, -0.25) is 4.57 Å². The van der Waals surface area contributed by atoms with E-state index < -0.39 is 0 Å². The van der Waals surface area contributed by atoms with E-state index in [0.29, 0.717) is 24.8 Å². The van der Waals surface area contributed by atoms with Gasteiger partial charge in [-0.15, -0.1) is 16.8 Å². The summed E-state index contributed by atoms with van der Waals surface area (Å²) in [7, 11) is 0. The van der Waals surface area contributed by atoms with Crippen LogP contribution in [0.4, 0.5) is 0 Å². The van der Waals surface area contributed by atoms with Crippen molar-refractivity contribution in [2.24, 2.45) is 0 Å². The second kappa shape index (κ2) is 9.17. The molecule has 0 atom stereocenters. The van der Waals surface area contributed by atoms with E-state index in [9.17, 15) is 0 Å². The number of ether oxygens (including phenoxy) is 1. The number of pyridine rings is 1. The fraction of sp³-hybridized carbons (Fsp3) is 0.261. The summed E-state index contributed by atoms with van der Waals surface area (Å²) in [5.74, 6) is 2.82. The molecule has 0 fully saturated rings. The van der Waals surface area contributed by atoms with Gasteiger partial charge in [-0.1, -0.05) is 49.9 Å². The number of benzene rings is 1. The van der Waals surface area contributed by atoms with Gasteiger partial charge in [-0.2, -0.15) is 0 Å². The lowest BCUT2D eigenvalue weighted by molar-refractivity contribution is 0.289. The van der Waals surface area contributed by atoms with Crippen LogP contribution in [0, 0.1) is 0 Å². The minimum absolute atomic E-state index is 0.358. The molecular formula is C23H25N5OS. The predicted molar refractivity (Wildman–Crippen MR) is 120 cm³/mol. The maximum atomic E-state index is 5.95. The molecule has 3 aromatic heterocycles. The SMILES string of the molecule is C=CCn1c(COc2ccc(C(C)C)cc2)nnc1SCc1cn2ccccc2n1. The third-order valence-electron chi connectivity index (χ3n) is 4.78. The van der Waals surface area contributed by atoms with Crippen LogP contribution in [0.5, 0.6) is 5.75 Å². The Balaban J connectivity index is 1.43. The van der Waals surface area contributed by atoms with E-state index in [1.54, 1.807) is 11.8 Å². The van der Waals surface area contributed by atoms with Crippen molar-refractivity contribution in [3.8, 4) is 5.75 Å². The molecule has 30 heavy (non-hydrogen) atoms. The zero-order chi connectivity index (χ0) is 20.9. The molecule has 0 aliphatic carbocycles. The molecule has 7 heteroatoms. The van der Waals surface area contributed by atoms with Crippen molar-refractivity contribution in [3.05, 3.63) is 84.6 Å². The normalized spacial score (nSPS) is 11.3. The van der Waals surface area contributed by atoms with Crippen LogP contribution in [-0.2, 0) is 18.9 Å². The van der Waals surface area contributed by atoms with Crippen LogP contribution in [0.15, 0.2) is 72.7 Å². The van der Waals surface area contributed by atoms with E-state index >= 15 is 0 Å². The molecule has 0 spiro atoms. The molecule has 154 valence electrons. The van der Waals surface area contributed by atoms with E-state index in [1.807, 2.05) is 57.8 Å². The first-order chi connectivity index (χ1) is 14.6. The predicted octanol–water partition coefficient (Wildman–Crippen LogP) is 5.11. The summed E-state index contributed by atoms with van der Waals surface area (Å²) in [5.41, 5.74) is 3.24. The summed E-state index contributed by atoms with van der Waals surface area (Å²) >= 11 is 1.61. The van der Waals surface area contributed by atoms with Crippen molar-refractivity contribution < 1.29 is 4.74 Å². The van der Waals surface area contributed by atoms with Crippen LogP contribution in [0.3, 0.4) is 0 Å². The zero-order valence-electron chi connectivity index (χ0n) is 17.2. The Morgan fingerprint density at radius 3 is 2.70 bits per heavy atom. The molecule has 0 bridgehead atoms. The van der Waals surface area contributed by atoms with Crippen molar-refractivity contribution in [2.45, 2.75) is 43.8 Å². The Hall–Kier alpha value is -3.06. The fourth-order valence-electron chi connectivity index (χ4n) is 3.14. The van der Waals surface area contributed by atoms with Crippen molar-refractivity contribution in [1.82, 2.24) is 24.1 Å². The molecule has 1 aromatic carbocycles. The molecule has 0 N–H and O–H groups in total. The van der Waals surface area contributed by atoms with E-state index in [4.69, 9.17) is 4.74 Å². The van der Waals surface area contributed by atoms with Gasteiger partial charge in [0.2, 0.25) is 0 Å². The quantitative estimate of drug-likeness (QED) is 0.279. The average Bonchev–Trinajstić information content (AvgIpc) is 3.34. The molecule has 0 unspecified atom stereocenters. The van der Waals surface area contributed by atoms with Crippen molar-refractivity contribution in [3.63, 3.8) is 0 Å². The molecule has 0 aliphatic rings. The number of nitrogens with zero attached hydrogens (tertiary/aromatic N) is 5. The first-order valence-electron chi connectivity index (χ1n) is 9.95. The number of aromatic nitrogens is 5. The van der Waals surface area contributed by atoms with Crippen molar-refractivity contribution in [1.29, 1.82) is 0 Å². The van der Waals surface area contributed by atoms with Crippen LogP contribution in [0.25, 0.3) is 5.65 Å². The van der Waals surface area contributed by atoms with Crippen molar-refractivity contribution >= 4 is 17.4 Å². The van der Waals surface area contributed by atoms with E-state index in [0.717, 1.165) is 28.1 Å². The third-order valence-corrected chi connectivity index (χ3v) is 5.78. The Labute approximate surface area is 180 Å². The van der Waals surface area contributed by atoms with Gasteiger partial charge in [0.1, 0.15) is 18.0 Å². The first kappa shape index (κ1) is 20.2. The average molecular weight is 420 g/mol. The Morgan fingerprint density at radius 2 is 1.97 bits per heavy atom. The Kier molecular flexibility index (Phi) is 6.18. The maximum Gasteiger partial charge on any atom is 0.191 e. The summed E-state index contributed by atoms with van der Waals surface area (Å²) in [5, 5.41) is 9.55. The maximum absolute atomic E-state index is 5.95. The number of thioether (sulfide) groups is 1. The second-order valence-electron chi connectivity index (χ2n) is 7.30. The molecule has 0 saturated heterocycles. The zero-order valence-corrected chi connectivity index (χ0v) is 18.0. The number of rotatable bonds is 9. The van der Waals surface area contributed by atoms with E-state index in [-0.39, 0.29) is 0 Å². The van der Waals surface area contributed by atoms with E-state index in [2.05, 4.69) is 47.7 Å². The first-order valence-corrected chi connectivity index (χ1v) is 10.9. The lowest BCUT2D eigenvalue weighted by Gasteiger charge is -2.10. The summed E-state index contributed by atoms with van der Waals surface area (Å²) in [4.78, 5) is 4.65. The van der Waals surface area contributed by atoms with Crippen LogP contribution in [0.2, 0.25) is 0 Å². The van der Waals surface area contributed by atoms with Gasteiger partial charge >= 0.3 is 0 Å². The highest BCUT2D eigenvalue weighted by Crippen LogP contribution is 2.23. The van der Waals surface area contributed by atoms with Crippen LogP contribution in [-0.4, -0.2) is 24.1 Å². The van der Waals surface area contributed by atoms with Crippen LogP contribution < -0.4 is 4.74 Å². The van der Waals surface area contributed by atoms with E-state index in [1.165, 1.54) is 5.56 Å². The second-order valence-corrected chi connectivity index (χ2v) is 8.24. The summed E-state index contributed by atoms with van der Waals surface area (Å²) in [6.07, 6.45) is 5.89.